The summed E-state index contributed by atoms with van der Waals surface area (Å²) in [5, 5.41) is 0.632. The quantitative estimate of drug-likeness (QED) is 0.501. The van der Waals surface area contributed by atoms with E-state index in [0.29, 0.717) is 17.3 Å². The maximum atomic E-state index is 5.83. The fourth-order valence-corrected chi connectivity index (χ4v) is 0.921. The van der Waals surface area contributed by atoms with Crippen molar-refractivity contribution in [2.24, 2.45) is 0 Å². The van der Waals surface area contributed by atoms with E-state index >= 15 is 0 Å². The summed E-state index contributed by atoms with van der Waals surface area (Å²) in [6.07, 6.45) is 3.95. The molecule has 0 aliphatic rings. The van der Waals surface area contributed by atoms with Gasteiger partial charge >= 0.3 is 0 Å². The van der Waals surface area contributed by atoms with Gasteiger partial charge in [0.15, 0.2) is 0 Å². The van der Waals surface area contributed by atoms with Crippen molar-refractivity contribution >= 4 is 23.2 Å². The number of aromatic nitrogens is 1. The smallest absolute Gasteiger partial charge is 0.0615 e. The highest BCUT2D eigenvalue weighted by molar-refractivity contribution is 6.31. The Morgan fingerprint density at radius 2 is 2.33 bits per heavy atom. The molecule has 0 unspecified atom stereocenters. The minimum atomic E-state index is 0.547. The third-order valence-corrected chi connectivity index (χ3v) is 1.73. The summed E-state index contributed by atoms with van der Waals surface area (Å²) in [4.78, 5) is 3.90. The molecule has 0 fully saturated rings. The van der Waals surface area contributed by atoms with Gasteiger partial charge in [0.2, 0.25) is 0 Å². The molecular weight excluding hydrogens is 193 g/mol. The molecule has 0 atom stereocenters. The second kappa shape index (κ2) is 5.03. The molecule has 0 saturated heterocycles. The number of pyridine rings is 1. The molecule has 0 aromatic carbocycles. The van der Waals surface area contributed by atoms with Crippen LogP contribution in [0.5, 0.6) is 0 Å². The zero-order valence-electron chi connectivity index (χ0n) is 6.35. The molecule has 1 aromatic rings. The van der Waals surface area contributed by atoms with Crippen LogP contribution in [0.25, 0.3) is 0 Å². The molecule has 0 saturated carbocycles. The van der Waals surface area contributed by atoms with Crippen LogP contribution < -0.4 is 0 Å². The molecule has 12 heavy (non-hydrogen) atoms. The van der Waals surface area contributed by atoms with E-state index in [0.717, 1.165) is 5.56 Å². The molecule has 0 bridgehead atoms. The second-order valence-electron chi connectivity index (χ2n) is 2.10. The van der Waals surface area contributed by atoms with Gasteiger partial charge in [0, 0.05) is 24.7 Å². The van der Waals surface area contributed by atoms with E-state index in [2.05, 4.69) is 16.8 Å². The first-order valence-electron chi connectivity index (χ1n) is 3.49. The van der Waals surface area contributed by atoms with Gasteiger partial charge in [0.05, 0.1) is 10.6 Å². The van der Waals surface area contributed by atoms with Crippen molar-refractivity contribution in [3.8, 4) is 11.8 Å². The predicted molar refractivity (Wildman–Crippen MR) is 51.5 cm³/mol. The molecule has 0 N–H and O–H groups in total. The Balaban J connectivity index is 2.77. The Labute approximate surface area is 81.7 Å². The molecular formula is C9H7Cl2N. The lowest BCUT2D eigenvalue weighted by Crippen LogP contribution is -1.78. The highest BCUT2D eigenvalue weighted by Crippen LogP contribution is 2.11. The van der Waals surface area contributed by atoms with E-state index < -0.39 is 0 Å². The van der Waals surface area contributed by atoms with E-state index in [1.165, 1.54) is 0 Å². The van der Waals surface area contributed by atoms with Gasteiger partial charge in [0.25, 0.3) is 0 Å². The molecule has 0 amide bonds. The zero-order valence-corrected chi connectivity index (χ0v) is 7.86. The predicted octanol–water partition coefficient (Wildman–Crippen LogP) is 2.72. The van der Waals surface area contributed by atoms with E-state index in [4.69, 9.17) is 23.2 Å². The van der Waals surface area contributed by atoms with Gasteiger partial charge in [-0.3, -0.25) is 4.98 Å². The van der Waals surface area contributed by atoms with Crippen molar-refractivity contribution in [1.29, 1.82) is 0 Å². The van der Waals surface area contributed by atoms with Crippen molar-refractivity contribution in [2.45, 2.75) is 6.42 Å². The molecule has 1 nitrogen and oxygen atoms in total. The highest BCUT2D eigenvalue weighted by atomic mass is 35.5. The van der Waals surface area contributed by atoms with Gasteiger partial charge in [0.1, 0.15) is 0 Å². The Morgan fingerprint density at radius 3 is 3.00 bits per heavy atom. The third-order valence-electron chi connectivity index (χ3n) is 1.21. The number of halogens is 2. The number of alkyl halides is 1. The van der Waals surface area contributed by atoms with E-state index in [-0.39, 0.29) is 0 Å². The maximum absolute atomic E-state index is 5.83. The van der Waals surface area contributed by atoms with Crippen LogP contribution in [-0.4, -0.2) is 10.9 Å². The topological polar surface area (TPSA) is 12.9 Å². The van der Waals surface area contributed by atoms with E-state index in [9.17, 15) is 0 Å². The summed E-state index contributed by atoms with van der Waals surface area (Å²) in [6, 6.07) is 1.71. The summed E-state index contributed by atoms with van der Waals surface area (Å²) in [5.74, 6) is 6.32. The Morgan fingerprint density at radius 1 is 1.50 bits per heavy atom. The minimum Gasteiger partial charge on any atom is -0.263 e. The number of hydrogen-bond donors (Lipinski definition) is 0. The largest absolute Gasteiger partial charge is 0.263 e. The molecule has 0 aliphatic carbocycles. The minimum absolute atomic E-state index is 0.547. The molecule has 0 aliphatic heterocycles. The Kier molecular flexibility index (Phi) is 3.93. The first kappa shape index (κ1) is 9.38. The van der Waals surface area contributed by atoms with Crippen molar-refractivity contribution < 1.29 is 0 Å². The molecule has 0 radical (unpaired) electrons. The van der Waals surface area contributed by atoms with Gasteiger partial charge in [-0.2, -0.15) is 0 Å². The monoisotopic (exact) mass is 199 g/mol. The zero-order chi connectivity index (χ0) is 8.81. The van der Waals surface area contributed by atoms with Gasteiger partial charge in [-0.25, -0.2) is 0 Å². The maximum Gasteiger partial charge on any atom is 0.0615 e. The van der Waals surface area contributed by atoms with Crippen molar-refractivity contribution in [1.82, 2.24) is 4.98 Å². The lowest BCUT2D eigenvalue weighted by molar-refractivity contribution is 1.28. The summed E-state index contributed by atoms with van der Waals surface area (Å²) in [5.41, 5.74) is 0.754. The van der Waals surface area contributed by atoms with Gasteiger partial charge in [-0.1, -0.05) is 23.4 Å². The van der Waals surface area contributed by atoms with Gasteiger partial charge in [-0.05, 0) is 6.07 Å². The van der Waals surface area contributed by atoms with Crippen LogP contribution in [0.1, 0.15) is 12.0 Å². The molecule has 62 valence electrons. The molecule has 0 spiro atoms. The van der Waals surface area contributed by atoms with Crippen LogP contribution in [0.2, 0.25) is 5.02 Å². The summed E-state index contributed by atoms with van der Waals surface area (Å²) in [7, 11) is 0. The fraction of sp³-hybridized carbons (Fsp3) is 0.222. The third kappa shape index (κ3) is 2.73. The standard InChI is InChI=1S/C9H7Cl2N/c10-5-2-1-3-8-7-12-6-4-9(8)11/h4,6-7H,2,5H2. The van der Waals surface area contributed by atoms with E-state index in [1.807, 2.05) is 0 Å². The van der Waals surface area contributed by atoms with Crippen molar-refractivity contribution in [2.75, 3.05) is 5.88 Å². The first-order valence-corrected chi connectivity index (χ1v) is 4.40. The lowest BCUT2D eigenvalue weighted by atomic mass is 10.3. The number of hydrogen-bond acceptors (Lipinski definition) is 1. The number of nitrogens with zero attached hydrogens (tertiary/aromatic N) is 1. The van der Waals surface area contributed by atoms with Crippen molar-refractivity contribution in [3.63, 3.8) is 0 Å². The fourth-order valence-electron chi connectivity index (χ4n) is 0.674. The lowest BCUT2D eigenvalue weighted by Gasteiger charge is -1.91. The highest BCUT2D eigenvalue weighted by Gasteiger charge is 1.92. The molecule has 3 heteroatoms. The van der Waals surface area contributed by atoms with Crippen LogP contribution in [0.3, 0.4) is 0 Å². The summed E-state index contributed by atoms with van der Waals surface area (Å²) >= 11 is 11.3. The second-order valence-corrected chi connectivity index (χ2v) is 2.88. The van der Waals surface area contributed by atoms with Crippen LogP contribution in [0.15, 0.2) is 18.5 Å². The van der Waals surface area contributed by atoms with Crippen LogP contribution in [-0.2, 0) is 0 Å². The Hall–Kier alpha value is -0.710. The molecule has 1 rings (SSSR count). The average Bonchev–Trinajstić information content (AvgIpc) is 2.09. The SMILES string of the molecule is ClCCC#Cc1cnccc1Cl. The van der Waals surface area contributed by atoms with E-state index in [1.54, 1.807) is 18.5 Å². The summed E-state index contributed by atoms with van der Waals surface area (Å²) in [6.45, 7) is 0. The van der Waals surface area contributed by atoms with Crippen LogP contribution in [0, 0.1) is 11.8 Å². The first-order chi connectivity index (χ1) is 5.84. The van der Waals surface area contributed by atoms with Crippen LogP contribution >= 0.6 is 23.2 Å². The van der Waals surface area contributed by atoms with Crippen LogP contribution in [0.4, 0.5) is 0 Å². The summed E-state index contributed by atoms with van der Waals surface area (Å²) < 4.78 is 0. The van der Waals surface area contributed by atoms with Gasteiger partial charge < -0.3 is 0 Å². The normalized spacial score (nSPS) is 8.83. The molecule has 1 aromatic heterocycles. The van der Waals surface area contributed by atoms with Crippen molar-refractivity contribution in [3.05, 3.63) is 29.0 Å². The molecule has 1 heterocycles. The average molecular weight is 200 g/mol. The van der Waals surface area contributed by atoms with Gasteiger partial charge in [-0.15, -0.1) is 11.6 Å². The number of rotatable bonds is 1. The Bertz CT molecular complexity index is 312.